The molecule has 7 nitrogen and oxygen atoms in total. The van der Waals surface area contributed by atoms with Crippen LogP contribution < -0.4 is 15.7 Å². The number of nitrogens with one attached hydrogen (secondary N) is 3. The van der Waals surface area contributed by atoms with Crippen LogP contribution in [-0.2, 0) is 13.8 Å². The van der Waals surface area contributed by atoms with Crippen molar-refractivity contribution in [3.63, 3.8) is 0 Å². The molecule has 0 saturated heterocycles. The number of hydrogen-bond donors (Lipinski definition) is 3. The Morgan fingerprint density at radius 1 is 1.24 bits per heavy atom. The van der Waals surface area contributed by atoms with E-state index < -0.39 is 13.8 Å². The van der Waals surface area contributed by atoms with E-state index in [1.165, 1.54) is 14.2 Å². The Morgan fingerprint density at radius 2 is 1.88 bits per heavy atom. The van der Waals surface area contributed by atoms with Crippen molar-refractivity contribution in [2.75, 3.05) is 19.6 Å². The Balaban J connectivity index is 2.58. The maximum absolute atomic E-state index is 11.9. The smallest absolute Gasteiger partial charge is 0.415 e. The second-order valence-corrected chi connectivity index (χ2v) is 4.86. The first-order chi connectivity index (χ1) is 8.09. The largest absolute Gasteiger partial charge is 0.453 e. The van der Waals surface area contributed by atoms with E-state index in [9.17, 15) is 9.36 Å². The van der Waals surface area contributed by atoms with Crippen LogP contribution in [0.2, 0.25) is 0 Å². The highest BCUT2D eigenvalue weighted by Crippen LogP contribution is 2.35. The summed E-state index contributed by atoms with van der Waals surface area (Å²) in [4.78, 5) is 10.9. The number of benzene rings is 1. The molecule has 0 aliphatic carbocycles. The standard InChI is InChI=1S/C9H14N3O4P/c1-15-9(13)11-17(14,16-2)12-10-8-6-4-3-5-7-8/h3-7,10H,1-2H3,(H2,11,12,13,14). The minimum absolute atomic E-state index is 0.677. The van der Waals surface area contributed by atoms with Crippen LogP contribution in [0.1, 0.15) is 0 Å². The fraction of sp³-hybridized carbons (Fsp3) is 0.222. The zero-order chi connectivity index (χ0) is 12.7. The van der Waals surface area contributed by atoms with Crippen molar-refractivity contribution in [2.45, 2.75) is 0 Å². The van der Waals surface area contributed by atoms with E-state index in [-0.39, 0.29) is 0 Å². The van der Waals surface area contributed by atoms with Crippen LogP contribution in [0.4, 0.5) is 10.5 Å². The van der Waals surface area contributed by atoms with E-state index >= 15 is 0 Å². The van der Waals surface area contributed by atoms with Crippen molar-refractivity contribution in [3.8, 4) is 0 Å². The normalized spacial score (nSPS) is 13.5. The molecule has 3 N–H and O–H groups in total. The first kappa shape index (κ1) is 13.5. The minimum Gasteiger partial charge on any atom is -0.453 e. The van der Waals surface area contributed by atoms with Gasteiger partial charge in [-0.1, -0.05) is 18.2 Å². The molecule has 8 heteroatoms. The van der Waals surface area contributed by atoms with Crippen molar-refractivity contribution in [1.29, 1.82) is 0 Å². The lowest BCUT2D eigenvalue weighted by molar-refractivity contribution is 0.175. The van der Waals surface area contributed by atoms with Gasteiger partial charge >= 0.3 is 13.8 Å². The molecule has 0 heterocycles. The van der Waals surface area contributed by atoms with Gasteiger partial charge in [0.15, 0.2) is 0 Å². The van der Waals surface area contributed by atoms with E-state index in [2.05, 4.69) is 20.4 Å². The van der Waals surface area contributed by atoms with Gasteiger partial charge in [-0.3, -0.25) is 0 Å². The Bertz CT molecular complexity index is 412. The molecule has 17 heavy (non-hydrogen) atoms. The third-order valence-electron chi connectivity index (χ3n) is 1.80. The first-order valence-electron chi connectivity index (χ1n) is 4.70. The fourth-order valence-corrected chi connectivity index (χ4v) is 1.79. The number of carbonyl (C=O) groups is 1. The van der Waals surface area contributed by atoms with Crippen LogP contribution in [0.25, 0.3) is 0 Å². The van der Waals surface area contributed by atoms with Gasteiger partial charge in [0.05, 0.1) is 7.11 Å². The molecule has 1 aromatic rings. The minimum atomic E-state index is -3.52. The predicted octanol–water partition coefficient (Wildman–Crippen LogP) is 1.71. The molecule has 1 atom stereocenters. The third kappa shape index (κ3) is 4.44. The molecule has 1 unspecified atom stereocenters. The van der Waals surface area contributed by atoms with Crippen molar-refractivity contribution in [2.24, 2.45) is 0 Å². The van der Waals surface area contributed by atoms with E-state index in [0.29, 0.717) is 5.69 Å². The van der Waals surface area contributed by atoms with Gasteiger partial charge in [0.1, 0.15) is 0 Å². The topological polar surface area (TPSA) is 88.7 Å². The summed E-state index contributed by atoms with van der Waals surface area (Å²) in [5, 5.41) is 4.46. The summed E-state index contributed by atoms with van der Waals surface area (Å²) in [7, 11) is -1.15. The fourth-order valence-electron chi connectivity index (χ4n) is 0.945. The average Bonchev–Trinajstić information content (AvgIpc) is 2.37. The average molecular weight is 259 g/mol. The van der Waals surface area contributed by atoms with E-state index in [1.807, 2.05) is 6.07 Å². The highest BCUT2D eigenvalue weighted by Gasteiger charge is 2.24. The molecule has 94 valence electrons. The number of ether oxygens (including phenoxy) is 1. The number of methoxy groups -OCH3 is 1. The van der Waals surface area contributed by atoms with Gasteiger partial charge in [-0.25, -0.2) is 14.4 Å². The Hall–Kier alpha value is -1.56. The Labute approximate surface area is 99.0 Å². The van der Waals surface area contributed by atoms with Crippen molar-refractivity contribution < 1.29 is 18.6 Å². The highest BCUT2D eigenvalue weighted by atomic mass is 31.2. The monoisotopic (exact) mass is 259 g/mol. The molecule has 0 aromatic heterocycles. The quantitative estimate of drug-likeness (QED) is 0.551. The van der Waals surface area contributed by atoms with Crippen molar-refractivity contribution in [3.05, 3.63) is 30.3 Å². The molecule has 0 aliphatic heterocycles. The van der Waals surface area contributed by atoms with Crippen LogP contribution in [0.3, 0.4) is 0 Å². The number of rotatable bonds is 5. The molecular weight excluding hydrogens is 245 g/mol. The second kappa shape index (κ2) is 6.24. The molecule has 0 fully saturated rings. The van der Waals surface area contributed by atoms with E-state index in [0.717, 1.165) is 0 Å². The summed E-state index contributed by atoms with van der Waals surface area (Å²) in [5.74, 6) is 0. The zero-order valence-corrected chi connectivity index (χ0v) is 10.4. The maximum atomic E-state index is 11.9. The lowest BCUT2D eigenvalue weighted by Crippen LogP contribution is -2.31. The van der Waals surface area contributed by atoms with Gasteiger partial charge in [0, 0.05) is 12.8 Å². The number of anilines is 1. The van der Waals surface area contributed by atoms with Gasteiger partial charge in [-0.2, -0.15) is 0 Å². The molecule has 1 amide bonds. The lowest BCUT2D eigenvalue weighted by atomic mass is 10.3. The summed E-state index contributed by atoms with van der Waals surface area (Å²) in [5.41, 5.74) is 3.33. The van der Waals surface area contributed by atoms with Crippen molar-refractivity contribution in [1.82, 2.24) is 10.3 Å². The van der Waals surface area contributed by atoms with Gasteiger partial charge in [0.2, 0.25) is 0 Å². The Kier molecular flexibility index (Phi) is 4.96. The first-order valence-corrected chi connectivity index (χ1v) is 6.32. The number of hydrazine groups is 1. The number of carbonyl (C=O) groups excluding carboxylic acids is 1. The van der Waals surface area contributed by atoms with Crippen LogP contribution in [0, 0.1) is 0 Å². The molecule has 1 rings (SSSR count). The Morgan fingerprint density at radius 3 is 2.41 bits per heavy atom. The number of para-hydroxylation sites is 1. The summed E-state index contributed by atoms with van der Waals surface area (Å²) in [6, 6.07) is 8.95. The molecule has 0 aliphatic rings. The van der Waals surface area contributed by atoms with Gasteiger partial charge in [-0.15, -0.1) is 5.20 Å². The van der Waals surface area contributed by atoms with Crippen LogP contribution >= 0.6 is 7.67 Å². The highest BCUT2D eigenvalue weighted by molar-refractivity contribution is 7.55. The molecule has 0 spiro atoms. The summed E-state index contributed by atoms with van der Waals surface area (Å²) < 4.78 is 20.9. The summed E-state index contributed by atoms with van der Waals surface area (Å²) >= 11 is 0. The van der Waals surface area contributed by atoms with Crippen molar-refractivity contribution >= 4 is 19.5 Å². The SMILES string of the molecule is COC(=O)NP(=O)(NNc1ccccc1)OC. The summed E-state index contributed by atoms with van der Waals surface area (Å²) in [6.07, 6.45) is -0.849. The molecule has 0 radical (unpaired) electrons. The van der Waals surface area contributed by atoms with E-state index in [4.69, 9.17) is 4.52 Å². The zero-order valence-electron chi connectivity index (χ0n) is 9.47. The van der Waals surface area contributed by atoms with Gasteiger partial charge in [-0.05, 0) is 12.1 Å². The molecular formula is C9H14N3O4P. The van der Waals surface area contributed by atoms with Crippen LogP contribution in [0.15, 0.2) is 30.3 Å². The lowest BCUT2D eigenvalue weighted by Gasteiger charge is -2.18. The molecule has 0 bridgehead atoms. The third-order valence-corrected chi connectivity index (χ3v) is 3.20. The maximum Gasteiger partial charge on any atom is 0.415 e. The number of hydrogen-bond acceptors (Lipinski definition) is 5. The van der Waals surface area contributed by atoms with Crippen LogP contribution in [0.5, 0.6) is 0 Å². The predicted molar refractivity (Wildman–Crippen MR) is 63.4 cm³/mol. The van der Waals surface area contributed by atoms with Gasteiger partial charge < -0.3 is 14.7 Å². The molecule has 0 saturated carbocycles. The van der Waals surface area contributed by atoms with Gasteiger partial charge in [0.25, 0.3) is 0 Å². The molecule has 1 aromatic carbocycles. The summed E-state index contributed by atoms with van der Waals surface area (Å²) in [6.45, 7) is 0. The second-order valence-electron chi connectivity index (χ2n) is 2.94. The number of amides is 1. The van der Waals surface area contributed by atoms with Crippen LogP contribution in [-0.4, -0.2) is 20.3 Å². The van der Waals surface area contributed by atoms with E-state index in [1.54, 1.807) is 24.3 Å².